The minimum absolute atomic E-state index is 0.00871. The predicted octanol–water partition coefficient (Wildman–Crippen LogP) is 7.40. The van der Waals surface area contributed by atoms with Gasteiger partial charge >= 0.3 is 11.5 Å². The number of carbonyl (C=O) groups excluding carboxylic acids is 10. The molecule has 2 saturated carbocycles. The molecule has 4 aliphatic heterocycles. The van der Waals surface area contributed by atoms with Crippen molar-refractivity contribution in [1.82, 2.24) is 40.9 Å². The zero-order valence-electron chi connectivity index (χ0n) is 51.8. The first-order chi connectivity index (χ1) is 41.5. The number of hydrogen-bond acceptors (Lipinski definition) is 12. The van der Waals surface area contributed by atoms with Crippen molar-refractivity contribution < 1.29 is 57.8 Å². The number of allylic oxidation sites excluding steroid dienone is 4. The zero-order valence-corrected chi connectivity index (χ0v) is 52.5. The Balaban J connectivity index is 0.000000255. The minimum Gasteiger partial charge on any atom is -0.444 e. The average molecular weight is 1230 g/mol. The quantitative estimate of drug-likeness (QED) is 0.0747. The lowest BCUT2D eigenvalue weighted by Crippen LogP contribution is -2.45. The Morgan fingerprint density at radius 2 is 1.02 bits per heavy atom. The molecule has 20 nitrogen and oxygen atoms in total. The van der Waals surface area contributed by atoms with Crippen LogP contribution in [0.25, 0.3) is 0 Å². The number of aliphatic hydroxyl groups is 1. The highest BCUT2D eigenvalue weighted by Gasteiger charge is 2.61. The lowest BCUT2D eigenvalue weighted by atomic mass is 9.90. The van der Waals surface area contributed by atoms with Crippen LogP contribution >= 0.6 is 11.6 Å². The summed E-state index contributed by atoms with van der Waals surface area (Å²) in [6.45, 7) is 5.33. The number of nitrogens with one attached hydrogen (secondary N) is 4. The number of ketones is 2. The van der Waals surface area contributed by atoms with E-state index in [2.05, 4.69) is 45.6 Å². The molecule has 0 unspecified atom stereocenters. The smallest absolute Gasteiger partial charge is 0.409 e. The molecule has 10 atom stereocenters. The molecule has 8 amide bonds. The van der Waals surface area contributed by atoms with Crippen LogP contribution in [0.4, 0.5) is 9.59 Å². The molecule has 4 fully saturated rings. The van der Waals surface area contributed by atoms with Gasteiger partial charge in [-0.05, 0) is 85.9 Å². The molecular weight excluding hydrogens is 1130 g/mol. The summed E-state index contributed by atoms with van der Waals surface area (Å²) >= 11 is 4.90. The number of amides is 8. The Hall–Kier alpha value is -6.93. The fraction of sp³-hybridized carbons (Fsp3) is 0.606. The van der Waals surface area contributed by atoms with Crippen LogP contribution in [0.3, 0.4) is 0 Å². The first-order valence-corrected chi connectivity index (χ1v) is 31.5. The molecule has 0 radical (unpaired) electrons. The number of benzene rings is 2. The van der Waals surface area contributed by atoms with Crippen molar-refractivity contribution >= 4 is 70.1 Å². The summed E-state index contributed by atoms with van der Waals surface area (Å²) in [5, 5.41) is 21.4. The molecule has 2 aliphatic carbocycles. The van der Waals surface area contributed by atoms with E-state index in [0.29, 0.717) is 25.9 Å². The first kappa shape index (κ1) is 69.2. The largest absolute Gasteiger partial charge is 0.444 e. The zero-order chi connectivity index (χ0) is 63.3. The van der Waals surface area contributed by atoms with Crippen LogP contribution in [0.2, 0.25) is 0 Å². The van der Waals surface area contributed by atoms with Gasteiger partial charge in [-0.3, -0.25) is 43.2 Å². The molecule has 21 heteroatoms. The van der Waals surface area contributed by atoms with Gasteiger partial charge in [-0.2, -0.15) is 0 Å². The highest BCUT2D eigenvalue weighted by atomic mass is 35.5. The Kier molecular flexibility index (Phi) is 26.6. The van der Waals surface area contributed by atoms with E-state index >= 15 is 0 Å². The highest BCUT2D eigenvalue weighted by molar-refractivity contribution is 6.62. The van der Waals surface area contributed by atoms with Gasteiger partial charge in [-0.25, -0.2) is 4.79 Å². The van der Waals surface area contributed by atoms with Gasteiger partial charge in [-0.1, -0.05) is 124 Å². The molecule has 2 aromatic carbocycles. The summed E-state index contributed by atoms with van der Waals surface area (Å²) < 4.78 is 5.59. The maximum absolute atomic E-state index is 13.9. The Labute approximate surface area is 518 Å². The maximum Gasteiger partial charge on any atom is 0.409 e. The standard InChI is InChI=1S/C33H46N4O6.C30H41N3O5.C3H6ClNO/c1-23-12-8-5-4-6-11-15-25-19-33(25,31(41)34-17-16-29(39)35-21-24-13-9-7-10-14-24)20-28(38)27-18-26(22-37(27)30(23)40)43-32(42)36(2)3;1-21-10-6-3-2-4-9-13-23-17-30(23,18-26(35)25-16-24(34)20-33(25)28(21)37)29(38)31-15-14-27(36)32-19-22-11-7-5-8-12-22;1-5(2)3(4)6/h7,9-11,13-15,23,25-27H,4-6,8,12,16-22H2,1-3H3,(H,34,41)(H,35,39);5,7-9,11-13,21,23-25,34H,2-4,6,10,14-20H2,1H3,(H,31,38)(H,32,36);1-2H3/b15-11-;13-9-;/t23-,25+,26+,27-,33+;21-,23+,24+,25-,30+;/m00./s1. The molecule has 4 heterocycles. The molecule has 2 aromatic rings. The van der Waals surface area contributed by atoms with E-state index in [1.807, 2.05) is 74.5 Å². The molecule has 0 spiro atoms. The fourth-order valence-corrected chi connectivity index (χ4v) is 12.0. The van der Waals surface area contributed by atoms with Gasteiger partial charge in [0.05, 0.1) is 35.6 Å². The number of aliphatic hydroxyl groups excluding tert-OH is 1. The van der Waals surface area contributed by atoms with Gasteiger partial charge in [0.15, 0.2) is 11.6 Å². The van der Waals surface area contributed by atoms with Crippen LogP contribution in [-0.4, -0.2) is 162 Å². The van der Waals surface area contributed by atoms with Crippen LogP contribution in [0.15, 0.2) is 85.0 Å². The number of nitrogens with zero attached hydrogens (tertiary/aromatic N) is 4. The van der Waals surface area contributed by atoms with E-state index in [9.17, 15) is 53.1 Å². The Bertz CT molecular complexity index is 2760. The van der Waals surface area contributed by atoms with Gasteiger partial charge < -0.3 is 50.7 Å². The van der Waals surface area contributed by atoms with Crippen molar-refractivity contribution in [1.29, 1.82) is 0 Å². The molecule has 0 aromatic heterocycles. The molecule has 5 N–H and O–H groups in total. The van der Waals surface area contributed by atoms with Gasteiger partial charge in [0.2, 0.25) is 35.4 Å². The van der Waals surface area contributed by atoms with E-state index in [-0.39, 0.29) is 135 Å². The van der Waals surface area contributed by atoms with Crippen molar-refractivity contribution in [2.75, 3.05) is 54.4 Å². The number of halogens is 1. The third kappa shape index (κ3) is 20.6. The number of rotatable bonds is 13. The number of hydrogen-bond donors (Lipinski definition) is 5. The van der Waals surface area contributed by atoms with Gasteiger partial charge in [-0.15, -0.1) is 0 Å². The lowest BCUT2D eigenvalue weighted by molar-refractivity contribution is -0.142. The molecule has 2 saturated heterocycles. The van der Waals surface area contributed by atoms with Crippen molar-refractivity contribution in [3.8, 4) is 0 Å². The average Bonchev–Trinajstić information content (AvgIpc) is 1.64. The fourth-order valence-electron chi connectivity index (χ4n) is 12.0. The normalized spacial score (nSPS) is 28.0. The van der Waals surface area contributed by atoms with Crippen molar-refractivity contribution in [2.45, 2.75) is 167 Å². The van der Waals surface area contributed by atoms with Crippen LogP contribution in [0.1, 0.15) is 141 Å². The highest BCUT2D eigenvalue weighted by Crippen LogP contribution is 2.58. The van der Waals surface area contributed by atoms with Crippen molar-refractivity contribution in [3.05, 3.63) is 96.1 Å². The summed E-state index contributed by atoms with van der Waals surface area (Å²) in [6, 6.07) is 17.8. The Morgan fingerprint density at radius 3 is 1.45 bits per heavy atom. The van der Waals surface area contributed by atoms with Crippen LogP contribution in [-0.2, 0) is 56.2 Å². The number of fused-ring (bicyclic) bond motifs is 4. The van der Waals surface area contributed by atoms with E-state index in [4.69, 9.17) is 16.3 Å². The molecule has 476 valence electrons. The van der Waals surface area contributed by atoms with Crippen LogP contribution < -0.4 is 21.3 Å². The summed E-state index contributed by atoms with van der Waals surface area (Å²) in [6.07, 6.45) is 17.6. The monoisotopic (exact) mass is 1220 g/mol. The molecule has 0 bridgehead atoms. The topological polar surface area (TPSA) is 261 Å². The second-order valence-corrected chi connectivity index (χ2v) is 25.2. The van der Waals surface area contributed by atoms with E-state index < -0.39 is 46.6 Å². The second kappa shape index (κ2) is 33.4. The second-order valence-electron chi connectivity index (χ2n) is 24.9. The van der Waals surface area contributed by atoms with E-state index in [0.717, 1.165) is 75.3 Å². The minimum atomic E-state index is -0.910. The first-order valence-electron chi connectivity index (χ1n) is 31.2. The number of carbonyl (C=O) groups is 10. The number of Topliss-reactive ketones (excluding diaryl/α,β-unsaturated/α-hetero) is 2. The predicted molar refractivity (Wildman–Crippen MR) is 330 cm³/mol. The number of ether oxygens (including phenoxy) is 1. The van der Waals surface area contributed by atoms with Crippen molar-refractivity contribution in [3.63, 3.8) is 0 Å². The van der Waals surface area contributed by atoms with Gasteiger partial charge in [0.25, 0.3) is 0 Å². The van der Waals surface area contributed by atoms with E-state index in [1.165, 1.54) is 9.80 Å². The third-order valence-corrected chi connectivity index (χ3v) is 17.9. The maximum atomic E-state index is 13.9. The summed E-state index contributed by atoms with van der Waals surface area (Å²) in [4.78, 5) is 134. The lowest BCUT2D eigenvalue weighted by Gasteiger charge is -2.27. The summed E-state index contributed by atoms with van der Waals surface area (Å²) in [5.74, 6) is -1.90. The Morgan fingerprint density at radius 1 is 0.598 bits per heavy atom. The summed E-state index contributed by atoms with van der Waals surface area (Å²) in [7, 11) is 6.36. The third-order valence-electron chi connectivity index (χ3n) is 17.5. The van der Waals surface area contributed by atoms with E-state index in [1.54, 1.807) is 38.0 Å². The SMILES string of the molecule is CN(C)C(=O)Cl.C[C@H]1CCCCC/C=C\[C@@H]2C[C@@]2(C(=O)NCCC(=O)NCc2ccccc2)CC(=O)[C@@H]2C[C@@H](O)CN2C1=O.C[C@H]1CCCCC/C=C\[C@@H]2C[C@@]2(C(=O)NCCC(=O)NCc2ccccc2)CC(=O)[C@@H]2C[C@@H](OC(=O)N(C)C)CN2C1=O. The van der Waals surface area contributed by atoms with Crippen molar-refractivity contribution in [2.24, 2.45) is 34.5 Å². The van der Waals surface area contributed by atoms with Gasteiger partial charge in [0, 0.05) is 111 Å². The molecule has 87 heavy (non-hydrogen) atoms. The van der Waals surface area contributed by atoms with Crippen LogP contribution in [0, 0.1) is 34.5 Å². The molecule has 8 rings (SSSR count). The summed E-state index contributed by atoms with van der Waals surface area (Å²) in [5.41, 5.74) is 0.229. The molecular formula is C66H93ClN8O12. The van der Waals surface area contributed by atoms with Gasteiger partial charge in [0.1, 0.15) is 6.10 Å². The van der Waals surface area contributed by atoms with Crippen LogP contribution in [0.5, 0.6) is 0 Å². The molecule has 6 aliphatic rings.